The molecule has 2 aromatic carbocycles. The van der Waals surface area contributed by atoms with Gasteiger partial charge in [-0.05, 0) is 18.2 Å². The Labute approximate surface area is 146 Å². The van der Waals surface area contributed by atoms with Gasteiger partial charge in [-0.15, -0.1) is 11.3 Å². The average molecular weight is 355 g/mol. The third-order valence-electron chi connectivity index (χ3n) is 3.55. The number of para-hydroxylation sites is 1. The van der Waals surface area contributed by atoms with Gasteiger partial charge in [0, 0.05) is 21.4 Å². The zero-order chi connectivity index (χ0) is 16.5. The summed E-state index contributed by atoms with van der Waals surface area (Å²) >= 11 is 7.31. The molecule has 4 rings (SSSR count). The van der Waals surface area contributed by atoms with Crippen LogP contribution in [0.2, 0.25) is 5.02 Å². The molecule has 0 aliphatic carbocycles. The number of fused-ring (bicyclic) bond motifs is 1. The van der Waals surface area contributed by atoms with E-state index in [1.807, 2.05) is 30.3 Å². The van der Waals surface area contributed by atoms with E-state index in [0.717, 1.165) is 21.5 Å². The molecule has 2 aromatic heterocycles. The number of hydrogen-bond donors (Lipinski definition) is 2. The fraction of sp³-hybridized carbons (Fsp3) is 0. The molecule has 7 heteroatoms. The first-order chi connectivity index (χ1) is 11.7. The van der Waals surface area contributed by atoms with Gasteiger partial charge in [-0.2, -0.15) is 5.10 Å². The molecule has 2 heterocycles. The highest BCUT2D eigenvalue weighted by molar-refractivity contribution is 7.13. The zero-order valence-corrected chi connectivity index (χ0v) is 13.9. The van der Waals surface area contributed by atoms with Gasteiger partial charge in [-0.1, -0.05) is 35.9 Å². The Hall–Kier alpha value is -2.70. The first kappa shape index (κ1) is 14.9. The van der Waals surface area contributed by atoms with Crippen LogP contribution in [0.5, 0.6) is 0 Å². The lowest BCUT2D eigenvalue weighted by molar-refractivity contribution is 0.102. The van der Waals surface area contributed by atoms with Crippen LogP contribution in [0.3, 0.4) is 0 Å². The van der Waals surface area contributed by atoms with Crippen LogP contribution in [0, 0.1) is 0 Å². The predicted octanol–water partition coefficient (Wildman–Crippen LogP) is 4.59. The van der Waals surface area contributed by atoms with E-state index in [-0.39, 0.29) is 5.91 Å². The molecule has 0 unspecified atom stereocenters. The molecule has 0 aliphatic rings. The van der Waals surface area contributed by atoms with Gasteiger partial charge in [0.2, 0.25) is 0 Å². The molecule has 0 radical (unpaired) electrons. The molecular weight excluding hydrogens is 344 g/mol. The fourth-order valence-electron chi connectivity index (χ4n) is 2.36. The minimum absolute atomic E-state index is 0.256. The van der Waals surface area contributed by atoms with E-state index < -0.39 is 0 Å². The zero-order valence-electron chi connectivity index (χ0n) is 12.3. The number of thiazole rings is 1. The molecule has 0 spiro atoms. The Balaban J connectivity index is 1.59. The molecule has 24 heavy (non-hydrogen) atoms. The van der Waals surface area contributed by atoms with Crippen molar-refractivity contribution in [2.45, 2.75) is 0 Å². The molecular formula is C17H11ClN4OS. The molecule has 1 amide bonds. The number of H-pyrrole nitrogens is 1. The maximum absolute atomic E-state index is 12.5. The Morgan fingerprint density at radius 3 is 2.83 bits per heavy atom. The molecule has 0 saturated carbocycles. The summed E-state index contributed by atoms with van der Waals surface area (Å²) in [6, 6.07) is 13.0. The average Bonchev–Trinajstić information content (AvgIpc) is 3.25. The number of amides is 1. The van der Waals surface area contributed by atoms with Crippen molar-refractivity contribution in [1.82, 2.24) is 15.2 Å². The number of benzene rings is 2. The summed E-state index contributed by atoms with van der Waals surface area (Å²) in [6.45, 7) is 0. The predicted molar refractivity (Wildman–Crippen MR) is 96.6 cm³/mol. The van der Waals surface area contributed by atoms with Crippen LogP contribution in [-0.4, -0.2) is 21.1 Å². The van der Waals surface area contributed by atoms with Crippen LogP contribution in [0.1, 0.15) is 10.5 Å². The highest BCUT2D eigenvalue weighted by Gasteiger charge is 2.13. The van der Waals surface area contributed by atoms with Gasteiger partial charge in [0.15, 0.2) is 0 Å². The van der Waals surface area contributed by atoms with Crippen molar-refractivity contribution < 1.29 is 4.79 Å². The van der Waals surface area contributed by atoms with E-state index in [0.29, 0.717) is 16.4 Å². The maximum atomic E-state index is 12.5. The van der Waals surface area contributed by atoms with Gasteiger partial charge in [-0.25, -0.2) is 4.98 Å². The smallest absolute Gasteiger partial charge is 0.275 e. The second kappa shape index (κ2) is 6.07. The van der Waals surface area contributed by atoms with E-state index in [1.165, 1.54) is 11.3 Å². The van der Waals surface area contributed by atoms with Gasteiger partial charge in [0.05, 0.1) is 17.4 Å². The molecule has 0 atom stereocenters. The number of carbonyl (C=O) groups excluding carboxylic acids is 1. The molecule has 2 N–H and O–H groups in total. The summed E-state index contributed by atoms with van der Waals surface area (Å²) in [5.41, 5.74) is 2.77. The molecule has 0 fully saturated rings. The number of halogens is 1. The number of rotatable bonds is 3. The van der Waals surface area contributed by atoms with Crippen LogP contribution >= 0.6 is 22.9 Å². The SMILES string of the molecule is O=C(Nc1cccc2cn[nH]c12)c1csc(-c2ccc(Cl)cc2)n1. The minimum Gasteiger partial charge on any atom is -0.319 e. The third kappa shape index (κ3) is 2.77. The van der Waals surface area contributed by atoms with Crippen LogP contribution in [0.25, 0.3) is 21.5 Å². The Bertz CT molecular complexity index is 1020. The highest BCUT2D eigenvalue weighted by Crippen LogP contribution is 2.26. The van der Waals surface area contributed by atoms with Crippen molar-refractivity contribution in [3.8, 4) is 10.6 Å². The molecule has 0 aliphatic heterocycles. The Kier molecular flexibility index (Phi) is 3.76. The molecule has 118 valence electrons. The van der Waals surface area contributed by atoms with E-state index in [1.54, 1.807) is 23.7 Å². The first-order valence-electron chi connectivity index (χ1n) is 7.15. The standard InChI is InChI=1S/C17H11ClN4OS/c18-12-6-4-10(5-7-12)17-21-14(9-24-17)16(23)20-13-3-1-2-11-8-19-22-15(11)13/h1-9H,(H,19,22)(H,20,23). The number of nitrogens with zero attached hydrogens (tertiary/aromatic N) is 2. The Morgan fingerprint density at radius 1 is 1.17 bits per heavy atom. The second-order valence-electron chi connectivity index (χ2n) is 5.14. The van der Waals surface area contributed by atoms with E-state index in [4.69, 9.17) is 11.6 Å². The van der Waals surface area contributed by atoms with E-state index >= 15 is 0 Å². The molecule has 4 aromatic rings. The van der Waals surface area contributed by atoms with Gasteiger partial charge in [0.1, 0.15) is 10.7 Å². The van der Waals surface area contributed by atoms with Gasteiger partial charge in [-0.3, -0.25) is 9.89 Å². The van der Waals surface area contributed by atoms with Crippen LogP contribution < -0.4 is 5.32 Å². The van der Waals surface area contributed by atoms with Gasteiger partial charge >= 0.3 is 0 Å². The summed E-state index contributed by atoms with van der Waals surface area (Å²) in [6.07, 6.45) is 1.71. The number of nitrogens with one attached hydrogen (secondary N) is 2. The topological polar surface area (TPSA) is 70.7 Å². The fourth-order valence-corrected chi connectivity index (χ4v) is 3.29. The second-order valence-corrected chi connectivity index (χ2v) is 6.43. The number of anilines is 1. The Morgan fingerprint density at radius 2 is 2.00 bits per heavy atom. The van der Waals surface area contributed by atoms with Gasteiger partial charge in [0.25, 0.3) is 5.91 Å². The van der Waals surface area contributed by atoms with Crippen molar-refractivity contribution in [3.63, 3.8) is 0 Å². The van der Waals surface area contributed by atoms with Crippen LogP contribution in [0.4, 0.5) is 5.69 Å². The summed E-state index contributed by atoms with van der Waals surface area (Å²) in [5, 5.41) is 13.9. The number of aromatic amines is 1. The van der Waals surface area contributed by atoms with E-state index in [2.05, 4.69) is 20.5 Å². The van der Waals surface area contributed by atoms with Crippen LogP contribution in [0.15, 0.2) is 54.0 Å². The number of hydrogen-bond acceptors (Lipinski definition) is 4. The van der Waals surface area contributed by atoms with Crippen molar-refractivity contribution in [2.24, 2.45) is 0 Å². The largest absolute Gasteiger partial charge is 0.319 e. The van der Waals surface area contributed by atoms with Crippen molar-refractivity contribution in [3.05, 3.63) is 64.8 Å². The van der Waals surface area contributed by atoms with E-state index in [9.17, 15) is 4.79 Å². The normalized spacial score (nSPS) is 10.9. The van der Waals surface area contributed by atoms with Crippen LogP contribution in [-0.2, 0) is 0 Å². The first-order valence-corrected chi connectivity index (χ1v) is 8.41. The third-order valence-corrected chi connectivity index (χ3v) is 4.70. The summed E-state index contributed by atoms with van der Waals surface area (Å²) in [4.78, 5) is 16.9. The lowest BCUT2D eigenvalue weighted by Crippen LogP contribution is -2.12. The minimum atomic E-state index is -0.256. The molecule has 0 saturated heterocycles. The van der Waals surface area contributed by atoms with Crippen molar-refractivity contribution in [2.75, 3.05) is 5.32 Å². The number of aromatic nitrogens is 3. The summed E-state index contributed by atoms with van der Waals surface area (Å²) in [7, 11) is 0. The van der Waals surface area contributed by atoms with Crippen molar-refractivity contribution in [1.29, 1.82) is 0 Å². The molecule has 0 bridgehead atoms. The number of carbonyl (C=O) groups is 1. The summed E-state index contributed by atoms with van der Waals surface area (Å²) < 4.78 is 0. The monoisotopic (exact) mass is 354 g/mol. The maximum Gasteiger partial charge on any atom is 0.275 e. The quantitative estimate of drug-likeness (QED) is 0.565. The summed E-state index contributed by atoms with van der Waals surface area (Å²) in [5.74, 6) is -0.256. The highest BCUT2D eigenvalue weighted by atomic mass is 35.5. The molecule has 5 nitrogen and oxygen atoms in total. The van der Waals surface area contributed by atoms with Gasteiger partial charge < -0.3 is 5.32 Å². The lowest BCUT2D eigenvalue weighted by Gasteiger charge is -2.04. The lowest BCUT2D eigenvalue weighted by atomic mass is 10.2. The van der Waals surface area contributed by atoms with Crippen molar-refractivity contribution >= 4 is 45.4 Å².